The van der Waals surface area contributed by atoms with Crippen molar-refractivity contribution in [2.75, 3.05) is 29.1 Å². The van der Waals surface area contributed by atoms with Crippen LogP contribution in [-0.4, -0.2) is 66.9 Å². The van der Waals surface area contributed by atoms with Gasteiger partial charge in [-0.25, -0.2) is 4.68 Å². The zero-order valence-electron chi connectivity index (χ0n) is 18.0. The number of nitrogens with zero attached hydrogens (tertiary/aromatic N) is 6. The summed E-state index contributed by atoms with van der Waals surface area (Å²) < 4.78 is 12.2. The van der Waals surface area contributed by atoms with E-state index in [0.717, 1.165) is 0 Å². The normalized spacial score (nSPS) is 19.4. The van der Waals surface area contributed by atoms with Crippen molar-refractivity contribution in [1.82, 2.24) is 25.1 Å². The van der Waals surface area contributed by atoms with Crippen LogP contribution in [0.2, 0.25) is 0 Å². The van der Waals surface area contributed by atoms with Gasteiger partial charge >= 0.3 is 0 Å². The van der Waals surface area contributed by atoms with Gasteiger partial charge in [-0.3, -0.25) is 14.5 Å². The number of fused-ring (bicyclic) bond motifs is 1. The molecule has 4 aromatic rings. The fraction of sp³-hybridized carbons (Fsp3) is 0.238. The molecule has 0 bridgehead atoms. The predicted molar refractivity (Wildman–Crippen MR) is 119 cm³/mol. The minimum atomic E-state index is -1.83. The average molecular weight is 464 g/mol. The molecule has 0 unspecified atom stereocenters. The fourth-order valence-electron chi connectivity index (χ4n) is 3.71. The zero-order valence-corrected chi connectivity index (χ0v) is 18.0. The Balaban J connectivity index is 1.34. The van der Waals surface area contributed by atoms with Crippen molar-refractivity contribution in [1.29, 1.82) is 0 Å². The van der Waals surface area contributed by atoms with Crippen molar-refractivity contribution in [2.45, 2.75) is 18.6 Å². The summed E-state index contributed by atoms with van der Waals surface area (Å²) in [5.41, 5.74) is 5.23. The fourth-order valence-corrected chi connectivity index (χ4v) is 3.71. The minimum Gasteiger partial charge on any atom is -0.380 e. The van der Waals surface area contributed by atoms with E-state index in [-0.39, 0.29) is 19.0 Å². The number of nitrogen functional groups attached to an aromatic ring is 1. The second-order valence-electron chi connectivity index (χ2n) is 7.80. The highest BCUT2D eigenvalue weighted by Gasteiger charge is 2.51. The van der Waals surface area contributed by atoms with Crippen molar-refractivity contribution in [3.63, 3.8) is 0 Å². The highest BCUT2D eigenvalue weighted by atomic mass is 16.5. The van der Waals surface area contributed by atoms with Gasteiger partial charge < -0.3 is 25.4 Å². The summed E-state index contributed by atoms with van der Waals surface area (Å²) in [6, 6.07) is 8.09. The molecule has 34 heavy (non-hydrogen) atoms. The number of ether oxygens (including phenoxy) is 1. The lowest BCUT2D eigenvalue weighted by molar-refractivity contribution is -0.170. The second kappa shape index (κ2) is 8.20. The first-order chi connectivity index (χ1) is 16.4. The molecule has 0 saturated carbocycles. The molecule has 0 spiro atoms. The Kier molecular flexibility index (Phi) is 5.18. The number of aromatic nitrogens is 5. The molecule has 4 heterocycles. The largest absolute Gasteiger partial charge is 0.380 e. The Morgan fingerprint density at radius 2 is 2.15 bits per heavy atom. The number of anilines is 3. The molecular formula is C21H20N8O5. The van der Waals surface area contributed by atoms with Crippen LogP contribution in [0.25, 0.3) is 16.7 Å². The summed E-state index contributed by atoms with van der Waals surface area (Å²) in [4.78, 5) is 27.5. The predicted octanol–water partition coefficient (Wildman–Crippen LogP) is 0.507. The quantitative estimate of drug-likeness (QED) is 0.377. The van der Waals surface area contributed by atoms with Crippen molar-refractivity contribution < 1.29 is 24.0 Å². The van der Waals surface area contributed by atoms with Gasteiger partial charge in [0.25, 0.3) is 11.8 Å². The molecule has 3 aromatic heterocycles. The molecule has 4 N–H and O–H groups in total. The molecule has 1 aliphatic heterocycles. The number of hydrogen-bond donors (Lipinski definition) is 3. The van der Waals surface area contributed by atoms with E-state index in [1.54, 1.807) is 35.1 Å². The van der Waals surface area contributed by atoms with Crippen molar-refractivity contribution in [2.24, 2.45) is 0 Å². The van der Waals surface area contributed by atoms with Crippen LogP contribution in [0.4, 0.5) is 17.3 Å². The number of nitrogens with one attached hydrogen (secondary N) is 1. The standard InChI is InChI=1S/C21H20N8O5/c1-21(17(30)19(31)25-12-2-3-14-15(10-12)34-27-18(14)22)20(32)28(8-9-33-21)16-5-7-29(26-16)13-4-6-23-24-11-13/h2-7,10-11,17,30H,8-9H2,1H3,(H2,22,27)(H,25,31)/t17-,21+/m0/s1. The van der Waals surface area contributed by atoms with E-state index >= 15 is 0 Å². The Morgan fingerprint density at radius 1 is 1.29 bits per heavy atom. The summed E-state index contributed by atoms with van der Waals surface area (Å²) >= 11 is 0. The number of amides is 2. The maximum absolute atomic E-state index is 13.3. The lowest BCUT2D eigenvalue weighted by Gasteiger charge is -2.40. The van der Waals surface area contributed by atoms with E-state index in [0.29, 0.717) is 28.2 Å². The van der Waals surface area contributed by atoms with Gasteiger partial charge in [-0.2, -0.15) is 10.2 Å². The number of aliphatic hydroxyl groups excluding tert-OH is 1. The van der Waals surface area contributed by atoms with Crippen LogP contribution in [-0.2, 0) is 14.3 Å². The number of hydrogen-bond acceptors (Lipinski definition) is 10. The van der Waals surface area contributed by atoms with Crippen LogP contribution < -0.4 is 16.0 Å². The van der Waals surface area contributed by atoms with Crippen molar-refractivity contribution >= 4 is 40.1 Å². The minimum absolute atomic E-state index is 0.0968. The van der Waals surface area contributed by atoms with Crippen LogP contribution in [0.5, 0.6) is 0 Å². The summed E-state index contributed by atoms with van der Waals surface area (Å²) in [6.07, 6.45) is 2.92. The van der Waals surface area contributed by atoms with E-state index in [2.05, 4.69) is 25.8 Å². The Morgan fingerprint density at radius 3 is 2.94 bits per heavy atom. The smallest absolute Gasteiger partial charge is 0.263 e. The molecule has 5 rings (SSSR count). The van der Waals surface area contributed by atoms with Crippen LogP contribution in [0.3, 0.4) is 0 Å². The molecule has 13 nitrogen and oxygen atoms in total. The number of nitrogens with two attached hydrogens (primary N) is 1. The van der Waals surface area contributed by atoms with Crippen LogP contribution in [0, 0.1) is 0 Å². The highest BCUT2D eigenvalue weighted by Crippen LogP contribution is 2.29. The molecule has 1 saturated heterocycles. The molecule has 0 radical (unpaired) electrons. The monoisotopic (exact) mass is 464 g/mol. The number of aliphatic hydroxyl groups is 1. The van der Waals surface area contributed by atoms with E-state index < -0.39 is 23.5 Å². The lowest BCUT2D eigenvalue weighted by atomic mass is 9.94. The second-order valence-corrected chi connectivity index (χ2v) is 7.80. The van der Waals surface area contributed by atoms with Gasteiger partial charge in [-0.05, 0) is 25.1 Å². The number of carbonyl (C=O) groups excluding carboxylic acids is 2. The van der Waals surface area contributed by atoms with Crippen molar-refractivity contribution in [3.8, 4) is 5.69 Å². The number of benzene rings is 1. The molecule has 1 fully saturated rings. The molecule has 1 aliphatic rings. The number of carbonyl (C=O) groups is 2. The topological polar surface area (TPSA) is 175 Å². The van der Waals surface area contributed by atoms with Crippen LogP contribution >= 0.6 is 0 Å². The van der Waals surface area contributed by atoms with Gasteiger partial charge in [0.05, 0.1) is 36.6 Å². The van der Waals surface area contributed by atoms with Gasteiger partial charge in [0, 0.05) is 24.0 Å². The zero-order chi connectivity index (χ0) is 23.9. The highest BCUT2D eigenvalue weighted by molar-refractivity contribution is 6.06. The van der Waals surface area contributed by atoms with Crippen LogP contribution in [0.1, 0.15) is 6.92 Å². The molecular weight excluding hydrogens is 444 g/mol. The van der Waals surface area contributed by atoms with Gasteiger partial charge in [-0.1, -0.05) is 5.16 Å². The molecule has 1 aromatic carbocycles. The lowest BCUT2D eigenvalue weighted by Crippen LogP contribution is -2.63. The van der Waals surface area contributed by atoms with Gasteiger partial charge in [0.15, 0.2) is 28.9 Å². The summed E-state index contributed by atoms with van der Waals surface area (Å²) in [6.45, 7) is 1.67. The first-order valence-electron chi connectivity index (χ1n) is 10.3. The van der Waals surface area contributed by atoms with Gasteiger partial charge in [0.1, 0.15) is 0 Å². The van der Waals surface area contributed by atoms with E-state index in [1.165, 1.54) is 30.3 Å². The maximum Gasteiger partial charge on any atom is 0.263 e. The molecule has 13 heteroatoms. The first-order valence-corrected chi connectivity index (χ1v) is 10.3. The summed E-state index contributed by atoms with van der Waals surface area (Å²) in [7, 11) is 0. The Labute approximate surface area is 192 Å². The Bertz CT molecular complexity index is 1370. The molecule has 174 valence electrons. The molecule has 2 amide bonds. The molecule has 0 aliphatic carbocycles. The third-order valence-corrected chi connectivity index (χ3v) is 5.61. The van der Waals surface area contributed by atoms with E-state index in [9.17, 15) is 14.7 Å². The van der Waals surface area contributed by atoms with Crippen LogP contribution in [0.15, 0.2) is 53.4 Å². The number of rotatable bonds is 5. The van der Waals surface area contributed by atoms with E-state index in [4.69, 9.17) is 15.0 Å². The summed E-state index contributed by atoms with van der Waals surface area (Å²) in [5.74, 6) is -0.849. The van der Waals surface area contributed by atoms with Gasteiger partial charge in [0.2, 0.25) is 0 Å². The van der Waals surface area contributed by atoms with E-state index in [1.807, 2.05) is 0 Å². The summed E-state index contributed by atoms with van der Waals surface area (Å²) in [5, 5.41) is 29.6. The maximum atomic E-state index is 13.3. The van der Waals surface area contributed by atoms with Crippen molar-refractivity contribution in [3.05, 3.63) is 48.9 Å². The van der Waals surface area contributed by atoms with Gasteiger partial charge in [-0.15, -0.1) is 5.10 Å². The molecule has 2 atom stereocenters. The third-order valence-electron chi connectivity index (χ3n) is 5.61. The third kappa shape index (κ3) is 3.62. The number of morpholine rings is 1. The Hall–Kier alpha value is -4.36. The SMILES string of the molecule is C[C@]1([C@@H](O)C(=O)Nc2ccc3c(N)noc3c2)OCCN(c2ccn(-c3ccnnc3)n2)C1=O. The first kappa shape index (κ1) is 21.5. The average Bonchev–Trinajstić information content (AvgIpc) is 3.48.